The van der Waals surface area contributed by atoms with Crippen molar-refractivity contribution in [2.24, 2.45) is 11.8 Å². The molecule has 9 heteroatoms. The normalized spacial score (nSPS) is 19.8. The van der Waals surface area contributed by atoms with E-state index in [1.165, 1.54) is 27.1 Å². The zero-order valence-corrected chi connectivity index (χ0v) is 19.2. The number of sulfonamides is 1. The van der Waals surface area contributed by atoms with E-state index in [-0.39, 0.29) is 34.8 Å². The highest BCUT2D eigenvalue weighted by Gasteiger charge is 2.32. The maximum Gasteiger partial charge on any atom is 0.420 e. The molecule has 1 aliphatic heterocycles. The molecule has 1 aliphatic rings. The Hall–Kier alpha value is -2.91. The Morgan fingerprint density at radius 2 is 1.81 bits per heavy atom. The first kappa shape index (κ1) is 22.3. The minimum atomic E-state index is -3.71. The molecule has 4 rings (SSSR count). The highest BCUT2D eigenvalue weighted by atomic mass is 32.2. The molecule has 0 saturated carbocycles. The van der Waals surface area contributed by atoms with Crippen LogP contribution in [-0.2, 0) is 21.4 Å². The molecule has 1 aromatic heterocycles. The maximum absolute atomic E-state index is 13.2. The van der Waals surface area contributed by atoms with Crippen LogP contribution in [0.2, 0.25) is 0 Å². The fourth-order valence-corrected chi connectivity index (χ4v) is 6.05. The quantitative estimate of drug-likeness (QED) is 0.634. The highest BCUT2D eigenvalue weighted by molar-refractivity contribution is 7.89. The topological polar surface area (TPSA) is 102 Å². The number of rotatable bonds is 5. The molecule has 32 heavy (non-hydrogen) atoms. The van der Waals surface area contributed by atoms with E-state index in [9.17, 15) is 18.0 Å². The van der Waals surface area contributed by atoms with Gasteiger partial charge in [-0.05, 0) is 48.9 Å². The lowest BCUT2D eigenvalue weighted by molar-refractivity contribution is -0.116. The molecule has 8 nitrogen and oxygen atoms in total. The number of carbonyl (C=O) groups is 1. The molecule has 0 bridgehead atoms. The summed E-state index contributed by atoms with van der Waals surface area (Å²) in [4.78, 5) is 25.0. The number of fused-ring (bicyclic) bond motifs is 1. The molecule has 1 saturated heterocycles. The van der Waals surface area contributed by atoms with Crippen molar-refractivity contribution >= 4 is 32.7 Å². The van der Waals surface area contributed by atoms with Gasteiger partial charge in [-0.2, -0.15) is 4.31 Å². The molecule has 2 aromatic carbocycles. The van der Waals surface area contributed by atoms with Crippen molar-refractivity contribution < 1.29 is 17.6 Å². The summed E-state index contributed by atoms with van der Waals surface area (Å²) < 4.78 is 34.3. The van der Waals surface area contributed by atoms with Crippen LogP contribution < -0.4 is 11.1 Å². The Bertz CT molecular complexity index is 1310. The molecule has 2 heterocycles. The molecule has 1 fully saturated rings. The number of anilines is 1. The Morgan fingerprint density at radius 1 is 1.12 bits per heavy atom. The Kier molecular flexibility index (Phi) is 5.96. The zero-order valence-electron chi connectivity index (χ0n) is 18.4. The molecule has 0 spiro atoms. The van der Waals surface area contributed by atoms with Crippen LogP contribution in [0.25, 0.3) is 11.1 Å². The van der Waals surface area contributed by atoms with Crippen LogP contribution in [-0.4, -0.2) is 36.3 Å². The van der Waals surface area contributed by atoms with Gasteiger partial charge in [0.2, 0.25) is 15.9 Å². The number of para-hydroxylation sites is 1. The minimum absolute atomic E-state index is 0.0801. The molecule has 0 radical (unpaired) electrons. The van der Waals surface area contributed by atoms with Gasteiger partial charge in [0.1, 0.15) is 6.54 Å². The second-order valence-electron chi connectivity index (χ2n) is 8.71. The number of aromatic nitrogens is 1. The van der Waals surface area contributed by atoms with Gasteiger partial charge in [-0.3, -0.25) is 9.36 Å². The van der Waals surface area contributed by atoms with E-state index in [0.717, 1.165) is 12.0 Å². The number of nitrogens with one attached hydrogen (secondary N) is 1. The number of amides is 1. The molecule has 170 valence electrons. The van der Waals surface area contributed by atoms with Crippen LogP contribution in [0, 0.1) is 18.8 Å². The molecular weight excluding hydrogens is 430 g/mol. The number of carbonyl (C=O) groups excluding carboxylic acids is 1. The lowest BCUT2D eigenvalue weighted by Gasteiger charge is -2.34. The smallest absolute Gasteiger partial charge is 0.408 e. The van der Waals surface area contributed by atoms with E-state index in [0.29, 0.717) is 24.3 Å². The van der Waals surface area contributed by atoms with Gasteiger partial charge in [0.05, 0.1) is 10.4 Å². The van der Waals surface area contributed by atoms with Crippen LogP contribution in [0.15, 0.2) is 56.6 Å². The van der Waals surface area contributed by atoms with Crippen molar-refractivity contribution in [3.63, 3.8) is 0 Å². The molecule has 3 aromatic rings. The van der Waals surface area contributed by atoms with Gasteiger partial charge < -0.3 is 9.73 Å². The third kappa shape index (κ3) is 4.35. The van der Waals surface area contributed by atoms with Crippen molar-refractivity contribution in [2.75, 3.05) is 18.4 Å². The molecule has 2 atom stereocenters. The molecule has 1 N–H and O–H groups in total. The lowest BCUT2D eigenvalue weighted by Crippen LogP contribution is -2.42. The van der Waals surface area contributed by atoms with Crippen molar-refractivity contribution in [3.8, 4) is 0 Å². The van der Waals surface area contributed by atoms with Gasteiger partial charge in [0, 0.05) is 24.8 Å². The van der Waals surface area contributed by atoms with E-state index in [4.69, 9.17) is 4.42 Å². The number of benzene rings is 2. The summed E-state index contributed by atoms with van der Waals surface area (Å²) in [6, 6.07) is 11.7. The maximum atomic E-state index is 13.2. The second-order valence-corrected chi connectivity index (χ2v) is 10.7. The van der Waals surface area contributed by atoms with Crippen molar-refractivity contribution in [3.05, 3.63) is 58.6 Å². The molecule has 0 unspecified atom stereocenters. The fourth-order valence-electron chi connectivity index (χ4n) is 4.35. The standard InChI is InChI=1S/C23H27N3O5S/c1-15-10-16(2)13-25(12-15)32(29,30)18-8-9-20-21(11-18)31-23(28)26(20)14-22(27)24-19-7-5-4-6-17(19)3/h4-9,11,15-16H,10,12-14H2,1-3H3,(H,24,27)/t15-,16+. The van der Waals surface area contributed by atoms with Gasteiger partial charge in [-0.1, -0.05) is 32.0 Å². The van der Waals surface area contributed by atoms with Gasteiger partial charge in [-0.15, -0.1) is 0 Å². The van der Waals surface area contributed by atoms with Crippen molar-refractivity contribution in [1.29, 1.82) is 0 Å². The largest absolute Gasteiger partial charge is 0.420 e. The van der Waals surface area contributed by atoms with Gasteiger partial charge in [0.25, 0.3) is 0 Å². The summed E-state index contributed by atoms with van der Waals surface area (Å²) >= 11 is 0. The lowest BCUT2D eigenvalue weighted by atomic mass is 9.94. The van der Waals surface area contributed by atoms with Crippen LogP contribution in [0.3, 0.4) is 0 Å². The van der Waals surface area contributed by atoms with E-state index >= 15 is 0 Å². The number of hydrogen-bond acceptors (Lipinski definition) is 5. The second kappa shape index (κ2) is 8.55. The van der Waals surface area contributed by atoms with E-state index in [1.807, 2.05) is 39.0 Å². The fraction of sp³-hybridized carbons (Fsp3) is 0.391. The number of oxazole rings is 1. The summed E-state index contributed by atoms with van der Waals surface area (Å²) in [5.74, 6) is -0.530. The zero-order chi connectivity index (χ0) is 23.0. The minimum Gasteiger partial charge on any atom is -0.408 e. The van der Waals surface area contributed by atoms with Crippen molar-refractivity contribution in [2.45, 2.75) is 38.6 Å². The highest BCUT2D eigenvalue weighted by Crippen LogP contribution is 2.28. The third-order valence-electron chi connectivity index (χ3n) is 5.83. The average molecular weight is 458 g/mol. The summed E-state index contributed by atoms with van der Waals surface area (Å²) in [5, 5.41) is 2.78. The monoisotopic (exact) mass is 457 g/mol. The summed E-state index contributed by atoms with van der Waals surface area (Å²) in [6.45, 7) is 6.66. The van der Waals surface area contributed by atoms with Crippen LogP contribution in [0.5, 0.6) is 0 Å². The number of hydrogen-bond donors (Lipinski definition) is 1. The summed E-state index contributed by atoms with van der Waals surface area (Å²) in [5.41, 5.74) is 2.07. The van der Waals surface area contributed by atoms with Gasteiger partial charge in [0.15, 0.2) is 5.58 Å². The number of piperidine rings is 1. The van der Waals surface area contributed by atoms with Crippen molar-refractivity contribution in [1.82, 2.24) is 8.87 Å². The van der Waals surface area contributed by atoms with E-state index in [1.54, 1.807) is 6.07 Å². The first-order valence-electron chi connectivity index (χ1n) is 10.6. The molecule has 0 aliphatic carbocycles. The first-order chi connectivity index (χ1) is 15.1. The molecular formula is C23H27N3O5S. The van der Waals surface area contributed by atoms with Gasteiger partial charge >= 0.3 is 5.76 Å². The van der Waals surface area contributed by atoms with E-state index < -0.39 is 15.8 Å². The Balaban J connectivity index is 1.60. The third-order valence-corrected chi connectivity index (χ3v) is 7.66. The van der Waals surface area contributed by atoms with Gasteiger partial charge in [-0.25, -0.2) is 13.2 Å². The Morgan fingerprint density at radius 3 is 2.50 bits per heavy atom. The Labute approximate surface area is 186 Å². The summed E-state index contributed by atoms with van der Waals surface area (Å²) in [7, 11) is -3.71. The number of nitrogens with zero attached hydrogens (tertiary/aromatic N) is 2. The molecule has 1 amide bonds. The predicted molar refractivity (Wildman–Crippen MR) is 122 cm³/mol. The SMILES string of the molecule is Cc1ccccc1NC(=O)Cn1c(=O)oc2cc(S(=O)(=O)N3C[C@H](C)C[C@H](C)C3)ccc21. The predicted octanol–water partition coefficient (Wildman–Crippen LogP) is 3.21. The number of aryl methyl sites for hydroxylation is 1. The average Bonchev–Trinajstić information content (AvgIpc) is 3.03. The van der Waals surface area contributed by atoms with Crippen LogP contribution in [0.1, 0.15) is 25.8 Å². The van der Waals surface area contributed by atoms with Crippen LogP contribution >= 0.6 is 0 Å². The van der Waals surface area contributed by atoms with E-state index in [2.05, 4.69) is 5.32 Å². The first-order valence-corrected chi connectivity index (χ1v) is 12.1. The van der Waals surface area contributed by atoms with Crippen LogP contribution in [0.4, 0.5) is 5.69 Å². The summed E-state index contributed by atoms with van der Waals surface area (Å²) in [6.07, 6.45) is 0.993.